The van der Waals surface area contributed by atoms with Gasteiger partial charge in [0.25, 0.3) is 0 Å². The molecule has 0 aliphatic heterocycles. The normalized spacial score (nSPS) is 13.5. The molecule has 0 fully saturated rings. The summed E-state index contributed by atoms with van der Waals surface area (Å²) < 4.78 is 9.46. The number of benzene rings is 19. The lowest BCUT2D eigenvalue weighted by Gasteiger charge is -2.34. The number of rotatable bonds is 14. The van der Waals surface area contributed by atoms with Crippen LogP contribution in [-0.4, -0.2) is 0 Å². The highest BCUT2D eigenvalue weighted by Crippen LogP contribution is 2.60. The molecular formula is C114H76N2OS. The molecule has 1 unspecified atom stereocenters. The number of anilines is 6. The summed E-state index contributed by atoms with van der Waals surface area (Å²) in [5.74, 6) is 0. The van der Waals surface area contributed by atoms with Crippen molar-refractivity contribution in [2.75, 3.05) is 9.80 Å². The Bertz CT molecular complexity index is 7320. The smallest absolute Gasteiger partial charge is 0.137 e. The van der Waals surface area contributed by atoms with E-state index in [2.05, 4.69) is 471 Å². The van der Waals surface area contributed by atoms with E-state index >= 15 is 0 Å². The molecule has 0 spiro atoms. The average Bonchev–Trinajstić information content (AvgIpc) is 1.53. The molecule has 0 saturated carbocycles. The van der Waals surface area contributed by atoms with Gasteiger partial charge in [0.05, 0.1) is 21.2 Å². The Morgan fingerprint density at radius 3 is 1.25 bits per heavy atom. The van der Waals surface area contributed by atoms with E-state index in [1.807, 2.05) is 11.3 Å². The summed E-state index contributed by atoms with van der Waals surface area (Å²) in [6, 6.07) is 168. The largest absolute Gasteiger partial charge is 0.456 e. The molecule has 2 aliphatic rings. The summed E-state index contributed by atoms with van der Waals surface area (Å²) in [5, 5.41) is 7.31. The van der Waals surface area contributed by atoms with E-state index in [0.29, 0.717) is 0 Å². The molecule has 4 heteroatoms. The summed E-state index contributed by atoms with van der Waals surface area (Å²) in [5.41, 5.74) is 32.3. The van der Waals surface area contributed by atoms with Crippen molar-refractivity contribution in [3.05, 3.63) is 506 Å². The van der Waals surface area contributed by atoms with E-state index in [4.69, 9.17) is 4.42 Å². The number of hydrogen-bond acceptors (Lipinski definition) is 4. The highest BCUT2D eigenvalue weighted by Gasteiger charge is 2.48. The van der Waals surface area contributed by atoms with Gasteiger partial charge in [0.2, 0.25) is 0 Å². The van der Waals surface area contributed by atoms with E-state index in [9.17, 15) is 0 Å². The highest BCUT2D eigenvalue weighted by atomic mass is 32.1. The second kappa shape index (κ2) is 29.2. The molecule has 2 aliphatic carbocycles. The van der Waals surface area contributed by atoms with Gasteiger partial charge in [0.15, 0.2) is 0 Å². The summed E-state index contributed by atoms with van der Waals surface area (Å²) in [6.45, 7) is 0. The van der Waals surface area contributed by atoms with E-state index in [1.54, 1.807) is 0 Å². The van der Waals surface area contributed by atoms with Gasteiger partial charge in [-0.05, 0) is 213 Å². The molecule has 21 aromatic rings. The molecule has 0 radical (unpaired) electrons. The lowest BCUT2D eigenvalue weighted by atomic mass is 9.67. The van der Waals surface area contributed by atoms with Gasteiger partial charge in [-0.15, -0.1) is 11.3 Å². The van der Waals surface area contributed by atoms with Crippen LogP contribution < -0.4 is 9.80 Å². The zero-order valence-corrected chi connectivity index (χ0v) is 65.4. The fourth-order valence-electron chi connectivity index (χ4n) is 19.2. The Morgan fingerprint density at radius 2 is 0.619 bits per heavy atom. The number of fused-ring (bicyclic) bond motifs is 14. The Kier molecular flexibility index (Phi) is 17.2. The first-order chi connectivity index (χ1) is 58.5. The van der Waals surface area contributed by atoms with Crippen LogP contribution in [0.4, 0.5) is 34.1 Å². The highest BCUT2D eigenvalue weighted by molar-refractivity contribution is 7.26. The SMILES string of the molecule is c1ccc(-c2ccc(N(c3cccc(-c4ccccc4)c3)c3ccc4c(c3)oc3cc(C5(c6ccccc6)c6ccccc6-c6ccccc65)ccc34)cc2)cc1.c1ccc(-c2cccc(-c3cccc(N(c4ccccc4)c4cccc5c4sc4ccc(C6(c7ccccc7)c7ccccc7-c7c6ccc6ccccc76)cc45)c3)c2)cc1. The van der Waals surface area contributed by atoms with E-state index in [0.717, 1.165) is 50.4 Å². The van der Waals surface area contributed by atoms with Gasteiger partial charge in [-0.2, -0.15) is 0 Å². The van der Waals surface area contributed by atoms with Crippen LogP contribution in [0.25, 0.3) is 120 Å². The molecule has 3 nitrogen and oxygen atoms in total. The molecule has 554 valence electrons. The van der Waals surface area contributed by atoms with E-state index < -0.39 is 10.8 Å². The topological polar surface area (TPSA) is 19.6 Å². The van der Waals surface area contributed by atoms with Crippen LogP contribution in [0.1, 0.15) is 44.5 Å². The van der Waals surface area contributed by atoms with Crippen molar-refractivity contribution in [3.63, 3.8) is 0 Å². The minimum atomic E-state index is -0.494. The fraction of sp³-hybridized carbons (Fsp3) is 0.0175. The van der Waals surface area contributed by atoms with E-state index in [-0.39, 0.29) is 0 Å². The van der Waals surface area contributed by atoms with Crippen LogP contribution in [0.5, 0.6) is 0 Å². The number of para-hydroxylation sites is 1. The first kappa shape index (κ1) is 69.7. The third-order valence-electron chi connectivity index (χ3n) is 24.5. The maximum atomic E-state index is 6.92. The number of nitrogens with zero attached hydrogens (tertiary/aromatic N) is 2. The van der Waals surface area contributed by atoms with Crippen LogP contribution in [0.2, 0.25) is 0 Å². The third-order valence-corrected chi connectivity index (χ3v) is 25.7. The van der Waals surface area contributed by atoms with E-state index in [1.165, 1.54) is 148 Å². The van der Waals surface area contributed by atoms with Crippen LogP contribution in [0.15, 0.2) is 465 Å². The second-order valence-electron chi connectivity index (χ2n) is 30.9. The van der Waals surface area contributed by atoms with Crippen molar-refractivity contribution < 1.29 is 4.42 Å². The molecular weight excluding hydrogens is 1450 g/mol. The molecule has 0 N–H and O–H groups in total. The Hall–Kier alpha value is -14.9. The molecule has 2 heterocycles. The molecule has 1 atom stereocenters. The Balaban J connectivity index is 0.000000143. The third kappa shape index (κ3) is 11.6. The van der Waals surface area contributed by atoms with Gasteiger partial charge < -0.3 is 14.2 Å². The zero-order valence-electron chi connectivity index (χ0n) is 64.6. The fourth-order valence-corrected chi connectivity index (χ4v) is 20.4. The molecule has 19 aromatic carbocycles. The monoisotopic (exact) mass is 1520 g/mol. The predicted molar refractivity (Wildman–Crippen MR) is 496 cm³/mol. The summed E-state index contributed by atoms with van der Waals surface area (Å²) in [7, 11) is 0. The van der Waals surface area contributed by atoms with Gasteiger partial charge in [-0.1, -0.05) is 364 Å². The quantitative estimate of drug-likeness (QED) is 0.108. The van der Waals surface area contributed by atoms with Gasteiger partial charge in [0.1, 0.15) is 11.2 Å². The van der Waals surface area contributed by atoms with Crippen molar-refractivity contribution in [1.82, 2.24) is 0 Å². The molecule has 0 amide bonds. The van der Waals surface area contributed by atoms with Gasteiger partial charge >= 0.3 is 0 Å². The Labute approximate surface area is 690 Å². The van der Waals surface area contributed by atoms with Crippen molar-refractivity contribution in [2.24, 2.45) is 0 Å². The van der Waals surface area contributed by atoms with Crippen molar-refractivity contribution in [1.29, 1.82) is 0 Å². The first-order valence-corrected chi connectivity index (χ1v) is 41.4. The van der Waals surface area contributed by atoms with Crippen LogP contribution in [0.3, 0.4) is 0 Å². The summed E-state index contributed by atoms with van der Waals surface area (Å²) >= 11 is 1.88. The zero-order chi connectivity index (χ0) is 78.1. The minimum Gasteiger partial charge on any atom is -0.456 e. The summed E-state index contributed by atoms with van der Waals surface area (Å²) in [6.07, 6.45) is 0. The van der Waals surface area contributed by atoms with Crippen LogP contribution in [-0.2, 0) is 10.8 Å². The van der Waals surface area contributed by atoms with Gasteiger partial charge in [-0.25, -0.2) is 0 Å². The lowest BCUT2D eigenvalue weighted by Crippen LogP contribution is -2.28. The van der Waals surface area contributed by atoms with Gasteiger partial charge in [-0.3, -0.25) is 0 Å². The van der Waals surface area contributed by atoms with Crippen LogP contribution >= 0.6 is 11.3 Å². The van der Waals surface area contributed by atoms with Crippen molar-refractivity contribution >= 4 is 98.3 Å². The second-order valence-corrected chi connectivity index (χ2v) is 31.9. The number of thiophene rings is 1. The predicted octanol–water partition coefficient (Wildman–Crippen LogP) is 31.1. The molecule has 2 aromatic heterocycles. The Morgan fingerprint density at radius 1 is 0.212 bits per heavy atom. The molecule has 0 saturated heterocycles. The molecule has 23 rings (SSSR count). The van der Waals surface area contributed by atoms with Crippen LogP contribution in [0, 0.1) is 0 Å². The number of furan rings is 1. The maximum Gasteiger partial charge on any atom is 0.137 e. The average molecular weight is 1520 g/mol. The molecule has 118 heavy (non-hydrogen) atoms. The van der Waals surface area contributed by atoms with Crippen molar-refractivity contribution in [3.8, 4) is 66.8 Å². The lowest BCUT2D eigenvalue weighted by molar-refractivity contribution is 0.665. The first-order valence-electron chi connectivity index (χ1n) is 40.6. The number of hydrogen-bond donors (Lipinski definition) is 0. The molecule has 0 bridgehead atoms. The maximum absolute atomic E-state index is 6.92. The van der Waals surface area contributed by atoms with Gasteiger partial charge in [0, 0.05) is 60.7 Å². The standard InChI is InChI=1S/C59H39NS.C55H37NO/c1-4-17-40(18-5-1)42-20-14-21-43(37-42)44-22-15-27-48(38-44)60(47-25-8-3-9-26-47)55-32-16-30-50-52-39-46(34-36-56(52)61-58(50)55)59(45-23-6-2-7-24-45)53-31-13-12-29-51(53)57-49-28-11-10-19-41(49)33-35-54(57)59;1-4-15-38(16-5-1)40-27-30-44(31-28-40)56(45-22-14-19-41(35-45)39-17-6-2-7-18-39)46-32-34-50-49-33-29-43(36-53(49)57-54(50)37-46)55(42-20-8-3-9-21-42)51-25-12-10-23-47(51)48-24-11-13-26-52(48)55/h1-39H;1-37H. The minimum absolute atomic E-state index is 0.487. The summed E-state index contributed by atoms with van der Waals surface area (Å²) in [4.78, 5) is 4.76. The van der Waals surface area contributed by atoms with Crippen molar-refractivity contribution in [2.45, 2.75) is 10.8 Å².